The van der Waals surface area contributed by atoms with Crippen LogP contribution in [0.15, 0.2) is 0 Å². The molecule has 2 aliphatic rings. The predicted molar refractivity (Wildman–Crippen MR) is 63.5 cm³/mol. The first-order chi connectivity index (χ1) is 7.96. The molecule has 0 aromatic heterocycles. The summed E-state index contributed by atoms with van der Waals surface area (Å²) in [6, 6.07) is -0.217. The van der Waals surface area contributed by atoms with Crippen LogP contribution in [0.1, 0.15) is 26.7 Å². The van der Waals surface area contributed by atoms with E-state index in [1.165, 1.54) is 0 Å². The number of carbonyl (C=O) groups excluding carboxylic acids is 1. The monoisotopic (exact) mass is 242 g/mol. The summed E-state index contributed by atoms with van der Waals surface area (Å²) in [5, 5.41) is 3.13. The Hall–Kier alpha value is -0.650. The van der Waals surface area contributed by atoms with Gasteiger partial charge in [-0.05, 0) is 26.7 Å². The van der Waals surface area contributed by atoms with E-state index in [1.807, 2.05) is 6.92 Å². The zero-order chi connectivity index (χ0) is 12.5. The maximum atomic E-state index is 12.3. The highest BCUT2D eigenvalue weighted by Gasteiger charge is 2.46. The molecule has 0 spiro atoms. The molecule has 2 fully saturated rings. The molecule has 1 amide bonds. The van der Waals surface area contributed by atoms with Gasteiger partial charge in [-0.1, -0.05) is 0 Å². The third-order valence-electron chi connectivity index (χ3n) is 4.05. The average molecular weight is 242 g/mol. The summed E-state index contributed by atoms with van der Waals surface area (Å²) in [6.45, 7) is 6.23. The molecule has 5 heteroatoms. The zero-order valence-electron chi connectivity index (χ0n) is 10.6. The van der Waals surface area contributed by atoms with Crippen LogP contribution in [0.4, 0.5) is 0 Å². The molecule has 2 saturated heterocycles. The Labute approximate surface area is 102 Å². The van der Waals surface area contributed by atoms with Gasteiger partial charge in [0, 0.05) is 24.8 Å². The minimum absolute atomic E-state index is 0.00639. The predicted octanol–water partition coefficient (Wildman–Crippen LogP) is 0.0355. The number of ether oxygens (including phenoxy) is 2. The summed E-state index contributed by atoms with van der Waals surface area (Å²) in [6.07, 6.45) is 1.70. The quantitative estimate of drug-likeness (QED) is 0.717. The van der Waals surface area contributed by atoms with Gasteiger partial charge in [-0.2, -0.15) is 0 Å². The second-order valence-electron chi connectivity index (χ2n) is 5.67. The van der Waals surface area contributed by atoms with Crippen molar-refractivity contribution >= 4 is 5.91 Å². The summed E-state index contributed by atoms with van der Waals surface area (Å²) in [5.41, 5.74) is 5.19. The fourth-order valence-corrected chi connectivity index (χ4v) is 2.29. The highest BCUT2D eigenvalue weighted by molar-refractivity contribution is 5.84. The van der Waals surface area contributed by atoms with Crippen LogP contribution < -0.4 is 11.1 Å². The van der Waals surface area contributed by atoms with Crippen molar-refractivity contribution in [1.29, 1.82) is 0 Å². The number of hydrogen-bond donors (Lipinski definition) is 2. The fraction of sp³-hybridized carbons (Fsp3) is 0.917. The Morgan fingerprint density at radius 2 is 1.94 bits per heavy atom. The standard InChI is InChI=1S/C12H22N2O3/c1-11(3-5-16-6-4-11)14-10(15)12(2)8-17-7-9(12)13/h9H,3-8,13H2,1-2H3,(H,14,15). The highest BCUT2D eigenvalue weighted by atomic mass is 16.5. The largest absolute Gasteiger partial charge is 0.381 e. The van der Waals surface area contributed by atoms with E-state index >= 15 is 0 Å². The van der Waals surface area contributed by atoms with Crippen molar-refractivity contribution in [3.63, 3.8) is 0 Å². The van der Waals surface area contributed by atoms with Crippen molar-refractivity contribution in [3.05, 3.63) is 0 Å². The number of amides is 1. The van der Waals surface area contributed by atoms with E-state index in [0.717, 1.165) is 12.8 Å². The van der Waals surface area contributed by atoms with Crippen molar-refractivity contribution in [2.45, 2.75) is 38.3 Å². The van der Waals surface area contributed by atoms with Gasteiger partial charge in [0.2, 0.25) is 5.91 Å². The molecule has 0 saturated carbocycles. The minimum atomic E-state index is -0.596. The number of nitrogens with two attached hydrogens (primary N) is 1. The Balaban J connectivity index is 2.00. The van der Waals surface area contributed by atoms with Crippen molar-refractivity contribution in [3.8, 4) is 0 Å². The summed E-state index contributed by atoms with van der Waals surface area (Å²) in [4.78, 5) is 12.3. The van der Waals surface area contributed by atoms with Crippen molar-refractivity contribution in [2.24, 2.45) is 11.1 Å². The normalized spacial score (nSPS) is 36.8. The van der Waals surface area contributed by atoms with Gasteiger partial charge in [0.15, 0.2) is 0 Å². The third-order valence-corrected chi connectivity index (χ3v) is 4.05. The molecule has 17 heavy (non-hydrogen) atoms. The molecule has 98 valence electrons. The van der Waals surface area contributed by atoms with Crippen molar-refractivity contribution in [2.75, 3.05) is 26.4 Å². The van der Waals surface area contributed by atoms with Crippen LogP contribution in [0.5, 0.6) is 0 Å². The van der Waals surface area contributed by atoms with Gasteiger partial charge in [-0.25, -0.2) is 0 Å². The lowest BCUT2D eigenvalue weighted by Crippen LogP contribution is -2.57. The third kappa shape index (κ3) is 2.46. The highest BCUT2D eigenvalue weighted by Crippen LogP contribution is 2.29. The van der Waals surface area contributed by atoms with Crippen LogP contribution in [0.25, 0.3) is 0 Å². The fourth-order valence-electron chi connectivity index (χ4n) is 2.29. The van der Waals surface area contributed by atoms with Crippen molar-refractivity contribution < 1.29 is 14.3 Å². The molecule has 2 aliphatic heterocycles. The van der Waals surface area contributed by atoms with Gasteiger partial charge in [0.25, 0.3) is 0 Å². The SMILES string of the molecule is CC1(NC(=O)C2(C)COCC2N)CCOCC1. The molecule has 2 unspecified atom stereocenters. The average Bonchev–Trinajstić information content (AvgIpc) is 2.61. The Morgan fingerprint density at radius 3 is 2.47 bits per heavy atom. The number of hydrogen-bond acceptors (Lipinski definition) is 4. The molecule has 0 bridgehead atoms. The number of nitrogens with one attached hydrogen (secondary N) is 1. The Morgan fingerprint density at radius 1 is 1.29 bits per heavy atom. The summed E-state index contributed by atoms with van der Waals surface area (Å²) < 4.78 is 10.6. The van der Waals surface area contributed by atoms with E-state index in [9.17, 15) is 4.79 Å². The molecule has 3 N–H and O–H groups in total. The second-order valence-corrected chi connectivity index (χ2v) is 5.67. The van der Waals surface area contributed by atoms with Gasteiger partial charge in [-0.15, -0.1) is 0 Å². The lowest BCUT2D eigenvalue weighted by Gasteiger charge is -2.37. The van der Waals surface area contributed by atoms with Crippen LogP contribution in [-0.4, -0.2) is 43.9 Å². The van der Waals surface area contributed by atoms with Crippen LogP contribution in [0, 0.1) is 5.41 Å². The number of rotatable bonds is 2. The van der Waals surface area contributed by atoms with Gasteiger partial charge >= 0.3 is 0 Å². The van der Waals surface area contributed by atoms with Crippen LogP contribution >= 0.6 is 0 Å². The molecule has 5 nitrogen and oxygen atoms in total. The first-order valence-corrected chi connectivity index (χ1v) is 6.20. The molecule has 0 aromatic rings. The van der Waals surface area contributed by atoms with E-state index in [0.29, 0.717) is 26.4 Å². The Bertz CT molecular complexity index is 302. The summed E-state index contributed by atoms with van der Waals surface area (Å²) >= 11 is 0. The lowest BCUT2D eigenvalue weighted by molar-refractivity contribution is -0.133. The lowest BCUT2D eigenvalue weighted by atomic mass is 9.82. The van der Waals surface area contributed by atoms with E-state index in [-0.39, 0.29) is 17.5 Å². The maximum absolute atomic E-state index is 12.3. The van der Waals surface area contributed by atoms with Gasteiger partial charge in [0.05, 0.1) is 18.6 Å². The van der Waals surface area contributed by atoms with Crippen LogP contribution in [0.3, 0.4) is 0 Å². The number of carbonyl (C=O) groups is 1. The topological polar surface area (TPSA) is 73.6 Å². The van der Waals surface area contributed by atoms with E-state index in [2.05, 4.69) is 12.2 Å². The molecule has 0 aliphatic carbocycles. The molecule has 2 rings (SSSR count). The molecular weight excluding hydrogens is 220 g/mol. The molecule has 0 aromatic carbocycles. The van der Waals surface area contributed by atoms with E-state index in [1.54, 1.807) is 0 Å². The second kappa shape index (κ2) is 4.55. The molecule has 2 heterocycles. The van der Waals surface area contributed by atoms with E-state index < -0.39 is 5.41 Å². The van der Waals surface area contributed by atoms with E-state index in [4.69, 9.17) is 15.2 Å². The van der Waals surface area contributed by atoms with Crippen molar-refractivity contribution in [1.82, 2.24) is 5.32 Å². The molecule has 0 radical (unpaired) electrons. The Kier molecular flexibility index (Phi) is 3.43. The van der Waals surface area contributed by atoms with Crippen LogP contribution in [-0.2, 0) is 14.3 Å². The molecular formula is C12H22N2O3. The minimum Gasteiger partial charge on any atom is -0.381 e. The van der Waals surface area contributed by atoms with Gasteiger partial charge in [-0.3, -0.25) is 4.79 Å². The van der Waals surface area contributed by atoms with Gasteiger partial charge in [0.1, 0.15) is 0 Å². The first kappa shape index (κ1) is 12.8. The van der Waals surface area contributed by atoms with Crippen LogP contribution in [0.2, 0.25) is 0 Å². The smallest absolute Gasteiger partial charge is 0.230 e. The maximum Gasteiger partial charge on any atom is 0.230 e. The van der Waals surface area contributed by atoms with Gasteiger partial charge < -0.3 is 20.5 Å². The summed E-state index contributed by atoms with van der Waals surface area (Å²) in [7, 11) is 0. The zero-order valence-corrected chi connectivity index (χ0v) is 10.6. The molecule has 2 atom stereocenters. The first-order valence-electron chi connectivity index (χ1n) is 6.20. The summed E-state index contributed by atoms with van der Waals surface area (Å²) in [5.74, 6) is 0.00639.